The van der Waals surface area contributed by atoms with E-state index in [-0.39, 0.29) is 17.5 Å². The molecule has 0 aliphatic heterocycles. The van der Waals surface area contributed by atoms with E-state index in [0.29, 0.717) is 11.1 Å². The van der Waals surface area contributed by atoms with Gasteiger partial charge in [-0.15, -0.1) is 5.10 Å². The van der Waals surface area contributed by atoms with Crippen LogP contribution in [0.25, 0.3) is 17.0 Å². The molecule has 140 valence electrons. The van der Waals surface area contributed by atoms with Crippen molar-refractivity contribution in [3.05, 3.63) is 53.5 Å². The molecule has 2 aromatic heterocycles. The maximum Gasteiger partial charge on any atom is 0.336 e. The van der Waals surface area contributed by atoms with Gasteiger partial charge in [0.1, 0.15) is 5.69 Å². The average Bonchev–Trinajstić information content (AvgIpc) is 3.25. The third kappa shape index (κ3) is 3.72. The smallest absolute Gasteiger partial charge is 0.336 e. The third-order valence-electron chi connectivity index (χ3n) is 4.19. The summed E-state index contributed by atoms with van der Waals surface area (Å²) < 4.78 is 1.66. The fourth-order valence-corrected chi connectivity index (χ4v) is 3.03. The number of carbonyl (C=O) groups is 2. The van der Waals surface area contributed by atoms with E-state index in [2.05, 4.69) is 15.3 Å². The van der Waals surface area contributed by atoms with Crippen molar-refractivity contribution in [2.45, 2.75) is 19.9 Å². The number of carboxylic acids is 1. The van der Waals surface area contributed by atoms with Gasteiger partial charge >= 0.3 is 5.97 Å². The van der Waals surface area contributed by atoms with E-state index in [4.69, 9.17) is 5.21 Å². The Morgan fingerprint density at radius 2 is 2.11 bits per heavy atom. The van der Waals surface area contributed by atoms with Gasteiger partial charge in [0.05, 0.1) is 17.8 Å². The largest absolute Gasteiger partial charge is 0.478 e. The predicted molar refractivity (Wildman–Crippen MR) is 97.2 cm³/mol. The van der Waals surface area contributed by atoms with Crippen molar-refractivity contribution in [2.24, 2.45) is 5.92 Å². The predicted octanol–water partition coefficient (Wildman–Crippen LogP) is 2.22. The van der Waals surface area contributed by atoms with Crippen LogP contribution < -0.4 is 5.48 Å². The van der Waals surface area contributed by atoms with Crippen molar-refractivity contribution >= 4 is 28.9 Å². The molecule has 1 unspecified atom stereocenters. The molecule has 1 amide bonds. The Morgan fingerprint density at radius 1 is 1.33 bits per heavy atom. The highest BCUT2D eigenvalue weighted by molar-refractivity contribution is 6.03. The first-order chi connectivity index (χ1) is 12.9. The minimum Gasteiger partial charge on any atom is -0.478 e. The van der Waals surface area contributed by atoms with E-state index in [9.17, 15) is 14.7 Å². The van der Waals surface area contributed by atoms with Crippen molar-refractivity contribution in [1.82, 2.24) is 25.5 Å². The van der Waals surface area contributed by atoms with Crippen LogP contribution in [0.1, 0.15) is 41.6 Å². The van der Waals surface area contributed by atoms with Crippen LogP contribution in [-0.2, 0) is 4.79 Å². The van der Waals surface area contributed by atoms with E-state index in [1.807, 2.05) is 26.0 Å². The Balaban J connectivity index is 2.00. The molecule has 3 aromatic rings. The van der Waals surface area contributed by atoms with Gasteiger partial charge < -0.3 is 10.1 Å². The number of nitrogens with one attached hydrogen (secondary N) is 2. The molecule has 0 saturated carbocycles. The molecule has 0 fully saturated rings. The zero-order valence-corrected chi connectivity index (χ0v) is 14.7. The molecule has 1 aromatic carbocycles. The van der Waals surface area contributed by atoms with E-state index in [0.717, 1.165) is 17.3 Å². The number of H-pyrrole nitrogens is 1. The summed E-state index contributed by atoms with van der Waals surface area (Å²) in [6, 6.07) is 6.70. The number of hydrogen-bond acceptors (Lipinski definition) is 5. The molecule has 0 spiro atoms. The van der Waals surface area contributed by atoms with Gasteiger partial charge in [-0.1, -0.05) is 25.1 Å². The summed E-state index contributed by atoms with van der Waals surface area (Å²) in [7, 11) is 0. The number of aromatic nitrogens is 4. The summed E-state index contributed by atoms with van der Waals surface area (Å²) in [5, 5.41) is 26.7. The number of hydroxylamine groups is 1. The number of hydrogen-bond donors (Lipinski definition) is 4. The van der Waals surface area contributed by atoms with Gasteiger partial charge in [-0.25, -0.2) is 15.0 Å². The fourth-order valence-electron chi connectivity index (χ4n) is 3.03. The van der Waals surface area contributed by atoms with Crippen LogP contribution >= 0.6 is 0 Å². The van der Waals surface area contributed by atoms with Gasteiger partial charge in [-0.3, -0.25) is 10.0 Å². The summed E-state index contributed by atoms with van der Waals surface area (Å²) in [6.45, 7) is 4.04. The topological polar surface area (TPSA) is 133 Å². The Labute approximate surface area is 154 Å². The van der Waals surface area contributed by atoms with Gasteiger partial charge in [-0.2, -0.15) is 0 Å². The normalized spacial score (nSPS) is 12.7. The molecule has 9 heteroatoms. The van der Waals surface area contributed by atoms with Crippen LogP contribution in [0, 0.1) is 5.92 Å². The van der Waals surface area contributed by atoms with E-state index >= 15 is 0 Å². The van der Waals surface area contributed by atoms with Gasteiger partial charge in [-0.05, 0) is 30.2 Å². The van der Waals surface area contributed by atoms with Crippen LogP contribution in [-0.4, -0.2) is 42.2 Å². The highest BCUT2D eigenvalue weighted by atomic mass is 16.5. The molecule has 1 atom stereocenters. The Morgan fingerprint density at radius 3 is 2.78 bits per heavy atom. The maximum atomic E-state index is 11.5. The molecule has 0 saturated heterocycles. The van der Waals surface area contributed by atoms with E-state index < -0.39 is 11.9 Å². The number of benzene rings is 1. The lowest BCUT2D eigenvalue weighted by Gasteiger charge is -2.19. The summed E-state index contributed by atoms with van der Waals surface area (Å²) in [4.78, 5) is 25.8. The lowest BCUT2D eigenvalue weighted by molar-refractivity contribution is -0.124. The minimum absolute atomic E-state index is 0.130. The van der Waals surface area contributed by atoms with E-state index in [1.165, 1.54) is 11.6 Å². The average molecular weight is 369 g/mol. The second-order valence-electron chi connectivity index (χ2n) is 6.42. The van der Waals surface area contributed by atoms with Gasteiger partial charge in [0.15, 0.2) is 0 Å². The van der Waals surface area contributed by atoms with Crippen LogP contribution in [0.4, 0.5) is 0 Å². The molecule has 3 rings (SSSR count). The van der Waals surface area contributed by atoms with Gasteiger partial charge in [0, 0.05) is 22.7 Å². The number of fused-ring (bicyclic) bond motifs is 1. The van der Waals surface area contributed by atoms with Crippen LogP contribution in [0.5, 0.6) is 0 Å². The standard InChI is InChI=1S/C18H19N5O4/c1-10(2)17(23-9-11(20-22-23)6-7-16(24)21-27)15-8-13-12(18(25)26)4-3-5-14(13)19-15/h3-10,17,19,27H,1-2H3,(H,21,24)(H,25,26)/b7-6+. The Kier molecular flexibility index (Phi) is 5.04. The first-order valence-corrected chi connectivity index (χ1v) is 8.29. The second kappa shape index (κ2) is 7.42. The minimum atomic E-state index is -0.984. The first kappa shape index (κ1) is 18.3. The number of carboxylic acid groups (broad SMARTS) is 1. The maximum absolute atomic E-state index is 11.5. The molecule has 9 nitrogen and oxygen atoms in total. The van der Waals surface area contributed by atoms with Gasteiger partial charge in [0.2, 0.25) is 0 Å². The molecule has 0 bridgehead atoms. The number of rotatable bonds is 6. The van der Waals surface area contributed by atoms with Gasteiger partial charge in [0.25, 0.3) is 5.91 Å². The summed E-state index contributed by atoms with van der Waals surface area (Å²) >= 11 is 0. The molecule has 2 heterocycles. The molecular formula is C18H19N5O4. The third-order valence-corrected chi connectivity index (χ3v) is 4.19. The SMILES string of the molecule is CC(C)C(c1cc2c(C(=O)O)cccc2[nH]1)n1cc(/C=C/C(=O)NO)nn1. The molecular weight excluding hydrogens is 350 g/mol. The number of aromatic amines is 1. The van der Waals surface area contributed by atoms with Crippen molar-refractivity contribution in [3.63, 3.8) is 0 Å². The van der Waals surface area contributed by atoms with E-state index in [1.54, 1.807) is 23.0 Å². The van der Waals surface area contributed by atoms with Crippen molar-refractivity contribution in [1.29, 1.82) is 0 Å². The Hall–Kier alpha value is -3.46. The molecule has 4 N–H and O–H groups in total. The zero-order chi connectivity index (χ0) is 19.6. The van der Waals surface area contributed by atoms with Crippen molar-refractivity contribution < 1.29 is 19.9 Å². The van der Waals surface area contributed by atoms with Crippen LogP contribution in [0.3, 0.4) is 0 Å². The number of aromatic carboxylic acids is 1. The quantitative estimate of drug-likeness (QED) is 0.299. The molecule has 0 aliphatic rings. The molecule has 0 radical (unpaired) electrons. The lowest BCUT2D eigenvalue weighted by atomic mass is 10.0. The highest BCUT2D eigenvalue weighted by Crippen LogP contribution is 2.29. The highest BCUT2D eigenvalue weighted by Gasteiger charge is 2.23. The van der Waals surface area contributed by atoms with Crippen LogP contribution in [0.2, 0.25) is 0 Å². The number of amides is 1. The first-order valence-electron chi connectivity index (χ1n) is 8.29. The molecule has 27 heavy (non-hydrogen) atoms. The summed E-state index contributed by atoms with van der Waals surface area (Å²) in [5.41, 5.74) is 3.73. The summed E-state index contributed by atoms with van der Waals surface area (Å²) in [5.74, 6) is -1.52. The van der Waals surface area contributed by atoms with Crippen molar-refractivity contribution in [2.75, 3.05) is 0 Å². The lowest BCUT2D eigenvalue weighted by Crippen LogP contribution is -2.17. The Bertz CT molecular complexity index is 1020. The van der Waals surface area contributed by atoms with Crippen LogP contribution in [0.15, 0.2) is 36.5 Å². The van der Waals surface area contributed by atoms with Crippen molar-refractivity contribution in [3.8, 4) is 0 Å². The second-order valence-corrected chi connectivity index (χ2v) is 6.42. The number of nitrogens with zero attached hydrogens (tertiary/aromatic N) is 3. The number of carbonyl (C=O) groups excluding carboxylic acids is 1. The zero-order valence-electron chi connectivity index (χ0n) is 14.7. The molecule has 0 aliphatic carbocycles. The monoisotopic (exact) mass is 369 g/mol. The summed E-state index contributed by atoms with van der Waals surface area (Å²) in [6.07, 6.45) is 4.25. The fraction of sp³-hybridized carbons (Fsp3) is 0.222.